The first-order chi connectivity index (χ1) is 8.33. The molecule has 18 heavy (non-hydrogen) atoms. The van der Waals surface area contributed by atoms with E-state index in [1.54, 1.807) is 13.0 Å². The fourth-order valence-corrected chi connectivity index (χ4v) is 1.77. The van der Waals surface area contributed by atoms with Gasteiger partial charge in [-0.2, -0.15) is 8.42 Å². The molecule has 0 radical (unpaired) electrons. The van der Waals surface area contributed by atoms with Gasteiger partial charge in [-0.3, -0.25) is 4.79 Å². The molecule has 98 valence electrons. The van der Waals surface area contributed by atoms with Crippen LogP contribution in [0.4, 0.5) is 0 Å². The lowest BCUT2D eigenvalue weighted by Gasteiger charge is -2.10. The van der Waals surface area contributed by atoms with E-state index in [4.69, 9.17) is 4.18 Å². The molecule has 0 heterocycles. The molecule has 0 saturated carbocycles. The second kappa shape index (κ2) is 5.68. The quantitative estimate of drug-likeness (QED) is 0.645. The van der Waals surface area contributed by atoms with Crippen LogP contribution in [0.5, 0.6) is 5.75 Å². The van der Waals surface area contributed by atoms with E-state index in [9.17, 15) is 13.2 Å². The summed E-state index contributed by atoms with van der Waals surface area (Å²) in [7, 11) is -3.67. The molecule has 1 rings (SSSR count). The van der Waals surface area contributed by atoms with Crippen molar-refractivity contribution < 1.29 is 17.4 Å². The van der Waals surface area contributed by atoms with E-state index in [1.807, 2.05) is 0 Å². The van der Waals surface area contributed by atoms with Crippen LogP contribution in [0.15, 0.2) is 30.9 Å². The van der Waals surface area contributed by atoms with Gasteiger partial charge in [0, 0.05) is 6.54 Å². The van der Waals surface area contributed by atoms with Crippen LogP contribution >= 0.6 is 0 Å². The number of carbonyl (C=O) groups is 1. The second-order valence-corrected chi connectivity index (χ2v) is 5.36. The van der Waals surface area contributed by atoms with Crippen molar-refractivity contribution in [2.24, 2.45) is 0 Å². The van der Waals surface area contributed by atoms with Crippen molar-refractivity contribution in [2.75, 3.05) is 12.8 Å². The minimum Gasteiger partial charge on any atom is -0.382 e. The molecule has 1 aromatic rings. The van der Waals surface area contributed by atoms with E-state index in [0.29, 0.717) is 6.54 Å². The van der Waals surface area contributed by atoms with Crippen LogP contribution in [-0.4, -0.2) is 27.1 Å². The van der Waals surface area contributed by atoms with Crippen LogP contribution in [0, 0.1) is 6.92 Å². The predicted octanol–water partition coefficient (Wildman–Crippen LogP) is 1.25. The van der Waals surface area contributed by atoms with E-state index >= 15 is 0 Å². The molecule has 1 aromatic carbocycles. The van der Waals surface area contributed by atoms with Crippen molar-refractivity contribution in [1.29, 1.82) is 0 Å². The Kier molecular flexibility index (Phi) is 4.49. The van der Waals surface area contributed by atoms with Crippen molar-refractivity contribution in [1.82, 2.24) is 5.32 Å². The Morgan fingerprint density at radius 2 is 2.17 bits per heavy atom. The molecule has 0 fully saturated rings. The number of hydrogen-bond acceptors (Lipinski definition) is 4. The highest BCUT2D eigenvalue weighted by molar-refractivity contribution is 7.86. The van der Waals surface area contributed by atoms with E-state index < -0.39 is 16.0 Å². The van der Waals surface area contributed by atoms with Crippen molar-refractivity contribution in [3.63, 3.8) is 0 Å². The fourth-order valence-electron chi connectivity index (χ4n) is 1.31. The summed E-state index contributed by atoms with van der Waals surface area (Å²) in [5, 5.41) is 2.56. The summed E-state index contributed by atoms with van der Waals surface area (Å²) in [6.07, 6.45) is 2.46. The van der Waals surface area contributed by atoms with Gasteiger partial charge in [-0.1, -0.05) is 12.1 Å². The largest absolute Gasteiger partial charge is 0.382 e. The molecule has 0 aliphatic rings. The van der Waals surface area contributed by atoms with E-state index in [-0.39, 0.29) is 11.3 Å². The third-order valence-corrected chi connectivity index (χ3v) is 2.51. The van der Waals surface area contributed by atoms with Crippen molar-refractivity contribution in [3.05, 3.63) is 42.0 Å². The van der Waals surface area contributed by atoms with Crippen LogP contribution in [0.3, 0.4) is 0 Å². The zero-order chi connectivity index (χ0) is 13.8. The molecule has 0 bridgehead atoms. The van der Waals surface area contributed by atoms with Gasteiger partial charge in [-0.15, -0.1) is 6.58 Å². The van der Waals surface area contributed by atoms with Crippen molar-refractivity contribution >= 4 is 16.0 Å². The summed E-state index contributed by atoms with van der Waals surface area (Å²) in [5.74, 6) is -0.382. The Bertz CT molecular complexity index is 563. The highest BCUT2D eigenvalue weighted by atomic mass is 32.2. The molecule has 1 N–H and O–H groups in total. The average Bonchev–Trinajstić information content (AvgIpc) is 2.23. The molecule has 0 aliphatic heterocycles. The maximum atomic E-state index is 11.8. The van der Waals surface area contributed by atoms with Crippen LogP contribution < -0.4 is 9.50 Å². The van der Waals surface area contributed by atoms with Gasteiger partial charge in [0.1, 0.15) is 0 Å². The number of carbonyl (C=O) groups excluding carboxylic acids is 1. The zero-order valence-electron chi connectivity index (χ0n) is 10.3. The maximum absolute atomic E-state index is 11.8. The number of amides is 1. The summed E-state index contributed by atoms with van der Waals surface area (Å²) < 4.78 is 27.1. The Balaban J connectivity index is 3.10. The molecule has 0 atom stereocenters. The topological polar surface area (TPSA) is 72.5 Å². The summed E-state index contributed by atoms with van der Waals surface area (Å²) >= 11 is 0. The van der Waals surface area contributed by atoms with Crippen LogP contribution in [-0.2, 0) is 10.1 Å². The Hall–Kier alpha value is -1.82. The van der Waals surface area contributed by atoms with Crippen molar-refractivity contribution in [3.8, 4) is 5.75 Å². The fraction of sp³-hybridized carbons (Fsp3) is 0.250. The lowest BCUT2D eigenvalue weighted by Crippen LogP contribution is -2.24. The maximum Gasteiger partial charge on any atom is 0.306 e. The highest BCUT2D eigenvalue weighted by Crippen LogP contribution is 2.21. The summed E-state index contributed by atoms with van der Waals surface area (Å²) in [6.45, 7) is 5.56. The van der Waals surface area contributed by atoms with E-state index in [1.165, 1.54) is 18.2 Å². The van der Waals surface area contributed by atoms with Crippen LogP contribution in [0.1, 0.15) is 15.9 Å². The zero-order valence-corrected chi connectivity index (χ0v) is 11.1. The van der Waals surface area contributed by atoms with Gasteiger partial charge in [0.2, 0.25) is 0 Å². The first kappa shape index (κ1) is 14.2. The highest BCUT2D eigenvalue weighted by Gasteiger charge is 2.15. The summed E-state index contributed by atoms with van der Waals surface area (Å²) in [4.78, 5) is 11.8. The number of rotatable bonds is 5. The summed E-state index contributed by atoms with van der Waals surface area (Å²) in [5.41, 5.74) is 0.974. The average molecular weight is 269 g/mol. The molecule has 1 amide bonds. The van der Waals surface area contributed by atoms with Gasteiger partial charge in [0.15, 0.2) is 5.75 Å². The lowest BCUT2D eigenvalue weighted by atomic mass is 10.1. The standard InChI is InChI=1S/C12H15NO4S/c1-4-7-13-12(14)10-6-5-9(2)8-11(10)17-18(3,15)16/h4-6,8H,1,7H2,2-3H3,(H,13,14). The molecule has 0 unspecified atom stereocenters. The Morgan fingerprint density at radius 3 is 2.72 bits per heavy atom. The molecule has 0 spiro atoms. The van der Waals surface area contributed by atoms with Crippen LogP contribution in [0.2, 0.25) is 0 Å². The lowest BCUT2D eigenvalue weighted by molar-refractivity contribution is 0.0956. The first-order valence-electron chi connectivity index (χ1n) is 5.22. The van der Waals surface area contributed by atoms with Gasteiger partial charge >= 0.3 is 10.1 Å². The monoisotopic (exact) mass is 269 g/mol. The number of hydrogen-bond donors (Lipinski definition) is 1. The van der Waals surface area contributed by atoms with Gasteiger partial charge in [0.25, 0.3) is 5.91 Å². The predicted molar refractivity (Wildman–Crippen MR) is 69.2 cm³/mol. The molecule has 0 aromatic heterocycles. The van der Waals surface area contributed by atoms with Gasteiger partial charge in [0.05, 0.1) is 11.8 Å². The minimum absolute atomic E-state index is 0.0269. The molecular formula is C12H15NO4S. The Labute approximate surface area is 107 Å². The van der Waals surface area contributed by atoms with Gasteiger partial charge in [-0.05, 0) is 24.6 Å². The number of aryl methyl sites for hydroxylation is 1. The third-order valence-electron chi connectivity index (χ3n) is 2.03. The minimum atomic E-state index is -3.67. The van der Waals surface area contributed by atoms with E-state index in [2.05, 4.69) is 11.9 Å². The van der Waals surface area contributed by atoms with E-state index in [0.717, 1.165) is 11.8 Å². The Morgan fingerprint density at radius 1 is 1.50 bits per heavy atom. The third kappa shape index (κ3) is 4.21. The van der Waals surface area contributed by atoms with Crippen LogP contribution in [0.25, 0.3) is 0 Å². The molecule has 6 heteroatoms. The SMILES string of the molecule is C=CCNC(=O)c1ccc(C)cc1OS(C)(=O)=O. The first-order valence-corrected chi connectivity index (χ1v) is 7.04. The molecule has 0 aliphatic carbocycles. The molecular weight excluding hydrogens is 254 g/mol. The summed E-state index contributed by atoms with van der Waals surface area (Å²) in [6, 6.07) is 4.73. The smallest absolute Gasteiger partial charge is 0.306 e. The van der Waals surface area contributed by atoms with Crippen molar-refractivity contribution in [2.45, 2.75) is 6.92 Å². The molecule has 5 nitrogen and oxygen atoms in total. The van der Waals surface area contributed by atoms with Gasteiger partial charge in [-0.25, -0.2) is 0 Å². The van der Waals surface area contributed by atoms with Gasteiger partial charge < -0.3 is 9.50 Å². The number of nitrogens with one attached hydrogen (secondary N) is 1. The number of benzene rings is 1. The normalized spacial score (nSPS) is 10.8. The molecule has 0 saturated heterocycles. The second-order valence-electron chi connectivity index (χ2n) is 3.79.